The van der Waals surface area contributed by atoms with Crippen LogP contribution in [0.25, 0.3) is 0 Å². The summed E-state index contributed by atoms with van der Waals surface area (Å²) in [6.07, 6.45) is 0.285. The number of aliphatic hydroxyl groups excluding tert-OH is 1. The van der Waals surface area contributed by atoms with Crippen LogP contribution in [0.5, 0.6) is 0 Å². The average molecular weight is 308 g/mol. The number of hydrogen-bond acceptors (Lipinski definition) is 3. The molecule has 0 bridgehead atoms. The summed E-state index contributed by atoms with van der Waals surface area (Å²) >= 11 is 0. The molecule has 0 radical (unpaired) electrons. The third kappa shape index (κ3) is 4.04. The summed E-state index contributed by atoms with van der Waals surface area (Å²) < 4.78 is 13.2. The van der Waals surface area contributed by atoms with Gasteiger partial charge in [0.1, 0.15) is 11.9 Å². The maximum absolute atomic E-state index is 13.2. The molecule has 1 aliphatic heterocycles. The van der Waals surface area contributed by atoms with E-state index in [0.29, 0.717) is 6.42 Å². The number of likely N-dealkylation sites (tertiary alicyclic amines) is 1. The molecule has 120 valence electrons. The molecule has 1 aromatic rings. The zero-order chi connectivity index (χ0) is 16.3. The Morgan fingerprint density at radius 1 is 1.50 bits per heavy atom. The Kier molecular flexibility index (Phi) is 5.13. The first-order valence-corrected chi connectivity index (χ1v) is 7.38. The van der Waals surface area contributed by atoms with Crippen LogP contribution >= 0.6 is 0 Å². The van der Waals surface area contributed by atoms with Crippen molar-refractivity contribution >= 4 is 11.8 Å². The van der Waals surface area contributed by atoms with Crippen molar-refractivity contribution in [1.82, 2.24) is 4.90 Å². The van der Waals surface area contributed by atoms with E-state index in [2.05, 4.69) is 0 Å². The number of benzene rings is 1. The van der Waals surface area contributed by atoms with Gasteiger partial charge in [0.15, 0.2) is 0 Å². The Morgan fingerprint density at radius 3 is 2.86 bits per heavy atom. The normalized spacial score (nSPS) is 22.6. The topological polar surface area (TPSA) is 83.6 Å². The molecule has 1 saturated heterocycles. The van der Waals surface area contributed by atoms with Gasteiger partial charge in [-0.3, -0.25) is 9.59 Å². The highest BCUT2D eigenvalue weighted by Gasteiger charge is 2.37. The van der Waals surface area contributed by atoms with Crippen molar-refractivity contribution in [3.63, 3.8) is 0 Å². The van der Waals surface area contributed by atoms with Crippen LogP contribution < -0.4 is 5.73 Å². The fourth-order valence-electron chi connectivity index (χ4n) is 2.91. The van der Waals surface area contributed by atoms with E-state index in [9.17, 15) is 19.1 Å². The fraction of sp³-hybridized carbons (Fsp3) is 0.500. The van der Waals surface area contributed by atoms with E-state index in [1.54, 1.807) is 6.07 Å². The molecule has 3 atom stereocenters. The minimum Gasteiger partial charge on any atom is -0.391 e. The maximum Gasteiger partial charge on any atom is 0.240 e. The van der Waals surface area contributed by atoms with Crippen LogP contribution in [-0.4, -0.2) is 40.5 Å². The van der Waals surface area contributed by atoms with E-state index >= 15 is 0 Å². The number of carbonyl (C=O) groups excluding carboxylic acids is 2. The highest BCUT2D eigenvalue weighted by Crippen LogP contribution is 2.21. The standard InChI is InChI=1S/C16H21FN2O3/c1-10(5-11-3-2-4-12(17)7-11)6-15(21)19-9-13(20)8-14(19)16(18)22/h2-4,7,10,13-14,20H,5-6,8-9H2,1H3,(H2,18,22)/t10?,13-,14+/m1/s1. The highest BCUT2D eigenvalue weighted by molar-refractivity contribution is 5.87. The summed E-state index contributed by atoms with van der Waals surface area (Å²) in [5, 5.41) is 9.62. The van der Waals surface area contributed by atoms with E-state index in [4.69, 9.17) is 5.73 Å². The molecule has 0 spiro atoms. The van der Waals surface area contributed by atoms with E-state index < -0.39 is 18.1 Å². The number of hydrogen-bond donors (Lipinski definition) is 2. The molecular weight excluding hydrogens is 287 g/mol. The van der Waals surface area contributed by atoms with Crippen molar-refractivity contribution in [2.24, 2.45) is 11.7 Å². The maximum atomic E-state index is 13.2. The lowest BCUT2D eigenvalue weighted by Gasteiger charge is -2.23. The Bertz CT molecular complexity index is 564. The molecule has 1 aromatic carbocycles. The molecule has 3 N–H and O–H groups in total. The van der Waals surface area contributed by atoms with Crippen molar-refractivity contribution in [3.05, 3.63) is 35.6 Å². The lowest BCUT2D eigenvalue weighted by molar-refractivity contribution is -0.138. The predicted molar refractivity (Wildman–Crippen MR) is 79.2 cm³/mol. The van der Waals surface area contributed by atoms with E-state index in [1.165, 1.54) is 17.0 Å². The van der Waals surface area contributed by atoms with Gasteiger partial charge < -0.3 is 15.7 Å². The van der Waals surface area contributed by atoms with Gasteiger partial charge in [-0.25, -0.2) is 4.39 Å². The molecule has 0 aromatic heterocycles. The molecule has 22 heavy (non-hydrogen) atoms. The largest absolute Gasteiger partial charge is 0.391 e. The van der Waals surface area contributed by atoms with Gasteiger partial charge in [0.2, 0.25) is 11.8 Å². The molecule has 1 unspecified atom stereocenters. The van der Waals surface area contributed by atoms with Gasteiger partial charge in [-0.1, -0.05) is 19.1 Å². The van der Waals surface area contributed by atoms with Gasteiger partial charge in [-0.2, -0.15) is 0 Å². The summed E-state index contributed by atoms with van der Waals surface area (Å²) in [5.74, 6) is -1.10. The second-order valence-corrected chi connectivity index (χ2v) is 6.00. The molecular formula is C16H21FN2O3. The van der Waals surface area contributed by atoms with Gasteiger partial charge in [-0.05, 0) is 30.0 Å². The SMILES string of the molecule is CC(CC(=O)N1C[C@H](O)C[C@H]1C(N)=O)Cc1cccc(F)c1. The predicted octanol–water partition coefficient (Wildman–Crippen LogP) is 0.842. The smallest absolute Gasteiger partial charge is 0.240 e. The molecule has 0 aliphatic carbocycles. The Labute approximate surface area is 128 Å². The van der Waals surface area contributed by atoms with Crippen LogP contribution in [0.1, 0.15) is 25.3 Å². The molecule has 1 aliphatic rings. The number of β-amino-alcohol motifs (C(OH)–C–C–N with tert-alkyl or cyclic N) is 1. The minimum absolute atomic E-state index is 0.000527. The van der Waals surface area contributed by atoms with E-state index in [-0.39, 0.29) is 37.0 Å². The lowest BCUT2D eigenvalue weighted by atomic mass is 9.97. The fourth-order valence-corrected chi connectivity index (χ4v) is 2.91. The van der Waals surface area contributed by atoms with Crippen LogP contribution in [-0.2, 0) is 16.0 Å². The molecule has 6 heteroatoms. The van der Waals surface area contributed by atoms with Crippen LogP contribution in [0.15, 0.2) is 24.3 Å². The second kappa shape index (κ2) is 6.87. The third-order valence-electron chi connectivity index (χ3n) is 3.92. The van der Waals surface area contributed by atoms with Crippen LogP contribution in [0, 0.1) is 11.7 Å². The van der Waals surface area contributed by atoms with Crippen molar-refractivity contribution < 1.29 is 19.1 Å². The summed E-state index contributed by atoms with van der Waals surface area (Å²) in [7, 11) is 0. The molecule has 5 nitrogen and oxygen atoms in total. The molecule has 1 fully saturated rings. The van der Waals surface area contributed by atoms with Gasteiger partial charge >= 0.3 is 0 Å². The van der Waals surface area contributed by atoms with E-state index in [1.807, 2.05) is 13.0 Å². The number of rotatable bonds is 5. The summed E-state index contributed by atoms with van der Waals surface area (Å²) in [6.45, 7) is 2.04. The number of primary amides is 1. The number of halogens is 1. The number of nitrogens with zero attached hydrogens (tertiary/aromatic N) is 1. The lowest BCUT2D eigenvalue weighted by Crippen LogP contribution is -2.44. The number of nitrogens with two attached hydrogens (primary N) is 1. The van der Waals surface area contributed by atoms with E-state index in [0.717, 1.165) is 5.56 Å². The molecule has 0 saturated carbocycles. The van der Waals surface area contributed by atoms with Gasteiger partial charge in [0.25, 0.3) is 0 Å². The Hall–Kier alpha value is -1.95. The first-order chi connectivity index (χ1) is 10.4. The second-order valence-electron chi connectivity index (χ2n) is 6.00. The van der Waals surface area contributed by atoms with Gasteiger partial charge in [0.05, 0.1) is 6.10 Å². The van der Waals surface area contributed by atoms with Crippen LogP contribution in [0.3, 0.4) is 0 Å². The number of amides is 2. The summed E-state index contributed by atoms with van der Waals surface area (Å²) in [5.41, 5.74) is 6.10. The van der Waals surface area contributed by atoms with Gasteiger partial charge in [0, 0.05) is 19.4 Å². The quantitative estimate of drug-likeness (QED) is 0.845. The Morgan fingerprint density at radius 2 is 2.23 bits per heavy atom. The molecule has 1 heterocycles. The third-order valence-corrected chi connectivity index (χ3v) is 3.92. The van der Waals surface area contributed by atoms with Crippen molar-refractivity contribution in [2.45, 2.75) is 38.3 Å². The first-order valence-electron chi connectivity index (χ1n) is 7.38. The number of carbonyl (C=O) groups is 2. The van der Waals surface area contributed by atoms with Crippen molar-refractivity contribution in [3.8, 4) is 0 Å². The molecule has 2 amide bonds. The zero-order valence-corrected chi connectivity index (χ0v) is 12.5. The van der Waals surface area contributed by atoms with Crippen molar-refractivity contribution in [1.29, 1.82) is 0 Å². The molecule has 2 rings (SSSR count). The highest BCUT2D eigenvalue weighted by atomic mass is 19.1. The first kappa shape index (κ1) is 16.4. The average Bonchev–Trinajstić information content (AvgIpc) is 2.81. The summed E-state index contributed by atoms with van der Waals surface area (Å²) in [6, 6.07) is 5.55. The zero-order valence-electron chi connectivity index (χ0n) is 12.5. The minimum atomic E-state index is -0.733. The van der Waals surface area contributed by atoms with Crippen LogP contribution in [0.2, 0.25) is 0 Å². The summed E-state index contributed by atoms with van der Waals surface area (Å²) in [4.78, 5) is 25.0. The van der Waals surface area contributed by atoms with Gasteiger partial charge in [-0.15, -0.1) is 0 Å². The van der Waals surface area contributed by atoms with Crippen molar-refractivity contribution in [2.75, 3.05) is 6.54 Å². The van der Waals surface area contributed by atoms with Crippen LogP contribution in [0.4, 0.5) is 4.39 Å². The monoisotopic (exact) mass is 308 g/mol. The Balaban J connectivity index is 1.94. The number of aliphatic hydroxyl groups is 1.